The predicted molar refractivity (Wildman–Crippen MR) is 110 cm³/mol. The standard InChI is InChI=1S/C21H22N2O4S/c1-5-26-17-8-7-14(10-18(17)27-6-2)20-23-16(11-28-20)15-9-12(3)13(4)19(22-15)21(24)25/h7-11H,5-6H2,1-4H3,(H,24,25). The van der Waals surface area contributed by atoms with Gasteiger partial charge in [0.05, 0.1) is 18.9 Å². The largest absolute Gasteiger partial charge is 0.490 e. The molecule has 7 heteroatoms. The van der Waals surface area contributed by atoms with Gasteiger partial charge in [0, 0.05) is 10.9 Å². The van der Waals surface area contributed by atoms with Gasteiger partial charge in [0.25, 0.3) is 0 Å². The number of aromatic carboxylic acids is 1. The number of pyridine rings is 1. The molecule has 0 fully saturated rings. The molecule has 0 atom stereocenters. The molecule has 146 valence electrons. The lowest BCUT2D eigenvalue weighted by molar-refractivity contribution is 0.0689. The van der Waals surface area contributed by atoms with Gasteiger partial charge in [0.15, 0.2) is 17.2 Å². The van der Waals surface area contributed by atoms with Crippen molar-refractivity contribution in [3.8, 4) is 33.5 Å². The van der Waals surface area contributed by atoms with Gasteiger partial charge in [-0.15, -0.1) is 11.3 Å². The van der Waals surface area contributed by atoms with Crippen LogP contribution in [0.2, 0.25) is 0 Å². The van der Waals surface area contributed by atoms with Crippen LogP contribution in [0.15, 0.2) is 29.6 Å². The molecule has 2 aromatic heterocycles. The molecule has 0 saturated heterocycles. The number of hydrogen-bond acceptors (Lipinski definition) is 6. The topological polar surface area (TPSA) is 81.5 Å². The molecule has 0 unspecified atom stereocenters. The van der Waals surface area contributed by atoms with Crippen molar-refractivity contribution in [3.63, 3.8) is 0 Å². The molecule has 3 aromatic rings. The molecule has 28 heavy (non-hydrogen) atoms. The number of rotatable bonds is 7. The SMILES string of the molecule is CCOc1ccc(-c2nc(-c3cc(C)c(C)c(C(=O)O)n3)cs2)cc1OCC. The molecule has 3 rings (SSSR count). The average Bonchev–Trinajstić information content (AvgIpc) is 3.15. The summed E-state index contributed by atoms with van der Waals surface area (Å²) in [6.45, 7) is 8.59. The minimum atomic E-state index is -1.04. The lowest BCUT2D eigenvalue weighted by atomic mass is 10.1. The minimum Gasteiger partial charge on any atom is -0.490 e. The highest BCUT2D eigenvalue weighted by Gasteiger charge is 2.16. The fourth-order valence-electron chi connectivity index (χ4n) is 2.78. The molecule has 6 nitrogen and oxygen atoms in total. The minimum absolute atomic E-state index is 0.0595. The summed E-state index contributed by atoms with van der Waals surface area (Å²) in [5, 5.41) is 12.1. The highest BCUT2D eigenvalue weighted by atomic mass is 32.1. The Balaban J connectivity index is 1.99. The zero-order chi connectivity index (χ0) is 20.3. The third kappa shape index (κ3) is 3.99. The molecule has 0 radical (unpaired) electrons. The van der Waals surface area contributed by atoms with Crippen LogP contribution in [-0.4, -0.2) is 34.3 Å². The molecular formula is C21H22N2O4S. The summed E-state index contributed by atoms with van der Waals surface area (Å²) in [6.07, 6.45) is 0. The molecule has 0 aliphatic rings. The maximum atomic E-state index is 11.5. The molecule has 0 bridgehead atoms. The van der Waals surface area contributed by atoms with Gasteiger partial charge in [0.2, 0.25) is 0 Å². The third-order valence-electron chi connectivity index (χ3n) is 4.29. The van der Waals surface area contributed by atoms with Crippen molar-refractivity contribution in [1.29, 1.82) is 0 Å². The summed E-state index contributed by atoms with van der Waals surface area (Å²) in [7, 11) is 0. The van der Waals surface area contributed by atoms with Crippen molar-refractivity contribution in [2.45, 2.75) is 27.7 Å². The van der Waals surface area contributed by atoms with Gasteiger partial charge in [-0.1, -0.05) is 0 Å². The number of aromatic nitrogens is 2. The second-order valence-corrected chi connectivity index (χ2v) is 7.03. The number of aryl methyl sites for hydroxylation is 1. The first-order valence-corrected chi connectivity index (χ1v) is 9.90. The summed E-state index contributed by atoms with van der Waals surface area (Å²) in [5.41, 5.74) is 3.71. The van der Waals surface area contributed by atoms with Gasteiger partial charge in [-0.25, -0.2) is 14.8 Å². The predicted octanol–water partition coefficient (Wildman–Crippen LogP) is 4.98. The Labute approximate surface area is 167 Å². The van der Waals surface area contributed by atoms with Crippen LogP contribution in [0.5, 0.6) is 11.5 Å². The van der Waals surface area contributed by atoms with E-state index in [9.17, 15) is 9.90 Å². The smallest absolute Gasteiger partial charge is 0.354 e. The van der Waals surface area contributed by atoms with Gasteiger partial charge in [-0.2, -0.15) is 0 Å². The maximum absolute atomic E-state index is 11.5. The van der Waals surface area contributed by atoms with Crippen molar-refractivity contribution in [3.05, 3.63) is 46.5 Å². The molecule has 2 heterocycles. The van der Waals surface area contributed by atoms with Crippen molar-refractivity contribution < 1.29 is 19.4 Å². The van der Waals surface area contributed by atoms with Crippen LogP contribution in [-0.2, 0) is 0 Å². The molecule has 0 spiro atoms. The van der Waals surface area contributed by atoms with E-state index in [4.69, 9.17) is 9.47 Å². The van der Waals surface area contributed by atoms with E-state index in [-0.39, 0.29) is 5.69 Å². The van der Waals surface area contributed by atoms with Crippen molar-refractivity contribution in [1.82, 2.24) is 9.97 Å². The summed E-state index contributed by atoms with van der Waals surface area (Å²) in [4.78, 5) is 20.4. The number of carbonyl (C=O) groups is 1. The van der Waals surface area contributed by atoms with Gasteiger partial charge < -0.3 is 14.6 Å². The summed E-state index contributed by atoms with van der Waals surface area (Å²) in [5.74, 6) is 0.341. The molecule has 0 aliphatic heterocycles. The Hall–Kier alpha value is -2.93. The van der Waals surface area contributed by atoms with Crippen LogP contribution in [0.1, 0.15) is 35.5 Å². The Bertz CT molecular complexity index is 1010. The van der Waals surface area contributed by atoms with E-state index in [1.54, 1.807) is 6.92 Å². The van der Waals surface area contributed by atoms with E-state index in [0.29, 0.717) is 41.7 Å². The lowest BCUT2D eigenvalue weighted by Crippen LogP contribution is -2.06. The third-order valence-corrected chi connectivity index (χ3v) is 5.18. The second-order valence-electron chi connectivity index (χ2n) is 6.17. The first-order valence-electron chi connectivity index (χ1n) is 9.02. The van der Waals surface area contributed by atoms with E-state index in [0.717, 1.165) is 16.1 Å². The molecular weight excluding hydrogens is 376 g/mol. The Kier molecular flexibility index (Phi) is 5.94. The summed E-state index contributed by atoms with van der Waals surface area (Å²) < 4.78 is 11.3. The van der Waals surface area contributed by atoms with E-state index >= 15 is 0 Å². The Morgan fingerprint density at radius 3 is 2.43 bits per heavy atom. The first kappa shape index (κ1) is 19.8. The zero-order valence-corrected chi connectivity index (χ0v) is 17.1. The van der Waals surface area contributed by atoms with Crippen LogP contribution < -0.4 is 9.47 Å². The number of ether oxygens (including phenoxy) is 2. The maximum Gasteiger partial charge on any atom is 0.354 e. The number of nitrogens with zero attached hydrogens (tertiary/aromatic N) is 2. The van der Waals surface area contributed by atoms with Crippen LogP contribution in [0.25, 0.3) is 22.0 Å². The normalized spacial score (nSPS) is 10.7. The zero-order valence-electron chi connectivity index (χ0n) is 16.3. The van der Waals surface area contributed by atoms with Crippen molar-refractivity contribution in [2.24, 2.45) is 0 Å². The fourth-order valence-corrected chi connectivity index (χ4v) is 3.60. The van der Waals surface area contributed by atoms with Crippen molar-refractivity contribution >= 4 is 17.3 Å². The highest BCUT2D eigenvalue weighted by molar-refractivity contribution is 7.13. The van der Waals surface area contributed by atoms with E-state index in [1.807, 2.05) is 50.4 Å². The fraction of sp³-hybridized carbons (Fsp3) is 0.286. The van der Waals surface area contributed by atoms with Gasteiger partial charge >= 0.3 is 5.97 Å². The van der Waals surface area contributed by atoms with E-state index in [1.165, 1.54) is 11.3 Å². The molecule has 0 amide bonds. The lowest BCUT2D eigenvalue weighted by Gasteiger charge is -2.11. The first-order chi connectivity index (χ1) is 13.4. The van der Waals surface area contributed by atoms with Crippen molar-refractivity contribution in [2.75, 3.05) is 13.2 Å². The molecule has 0 aliphatic carbocycles. The Morgan fingerprint density at radius 1 is 1.04 bits per heavy atom. The molecule has 1 aromatic carbocycles. The van der Waals surface area contributed by atoms with Crippen LogP contribution in [0.4, 0.5) is 0 Å². The summed E-state index contributed by atoms with van der Waals surface area (Å²) in [6, 6.07) is 7.59. The van der Waals surface area contributed by atoms with E-state index in [2.05, 4.69) is 9.97 Å². The van der Waals surface area contributed by atoms with Gasteiger partial charge in [-0.05, 0) is 63.1 Å². The number of thiazole rings is 1. The average molecular weight is 398 g/mol. The second kappa shape index (κ2) is 8.39. The quantitative estimate of drug-likeness (QED) is 0.604. The van der Waals surface area contributed by atoms with E-state index < -0.39 is 5.97 Å². The van der Waals surface area contributed by atoms with Crippen LogP contribution in [0, 0.1) is 13.8 Å². The number of benzene rings is 1. The molecule has 0 saturated carbocycles. The van der Waals surface area contributed by atoms with Gasteiger partial charge in [-0.3, -0.25) is 0 Å². The summed E-state index contributed by atoms with van der Waals surface area (Å²) >= 11 is 1.47. The van der Waals surface area contributed by atoms with Gasteiger partial charge in [0.1, 0.15) is 10.7 Å². The molecule has 1 N–H and O–H groups in total. The van der Waals surface area contributed by atoms with Crippen LogP contribution >= 0.6 is 11.3 Å². The number of carboxylic acid groups (broad SMARTS) is 1. The Morgan fingerprint density at radius 2 is 1.75 bits per heavy atom. The number of hydrogen-bond donors (Lipinski definition) is 1. The number of carboxylic acids is 1. The highest BCUT2D eigenvalue weighted by Crippen LogP contribution is 2.35. The monoisotopic (exact) mass is 398 g/mol. The van der Waals surface area contributed by atoms with Crippen LogP contribution in [0.3, 0.4) is 0 Å².